The molecule has 2 aliphatic heterocycles. The third kappa shape index (κ3) is 3.17. The summed E-state index contributed by atoms with van der Waals surface area (Å²) in [4.78, 5) is 14.5. The van der Waals surface area contributed by atoms with Gasteiger partial charge in [-0.3, -0.25) is 10.1 Å². The van der Waals surface area contributed by atoms with Gasteiger partial charge < -0.3 is 4.90 Å². The topological polar surface area (TPSA) is 32.3 Å². The Morgan fingerprint density at radius 1 is 1.44 bits per heavy atom. The molecule has 5 heteroatoms. The van der Waals surface area contributed by atoms with E-state index in [1.54, 1.807) is 0 Å². The maximum atomic E-state index is 12.4. The van der Waals surface area contributed by atoms with E-state index in [1.807, 2.05) is 23.5 Å². The summed E-state index contributed by atoms with van der Waals surface area (Å²) in [6.07, 6.45) is 1.25. The quantitative estimate of drug-likeness (QED) is 0.858. The van der Waals surface area contributed by atoms with Gasteiger partial charge in [0.2, 0.25) is 5.91 Å². The molecule has 1 N–H and O–H groups in total. The zero-order chi connectivity index (χ0) is 13.1. The molecule has 2 fully saturated rings. The average Bonchev–Trinajstić information content (AvgIpc) is 2.68. The van der Waals surface area contributed by atoms with Crippen LogP contribution in [0.25, 0.3) is 0 Å². The average molecular weight is 288 g/mol. The maximum Gasteiger partial charge on any atom is 0.241 e. The van der Waals surface area contributed by atoms with Crippen LogP contribution in [0.2, 0.25) is 0 Å². The van der Waals surface area contributed by atoms with E-state index in [0.717, 1.165) is 13.0 Å². The van der Waals surface area contributed by atoms with Crippen molar-refractivity contribution in [3.05, 3.63) is 0 Å². The summed E-state index contributed by atoms with van der Waals surface area (Å²) in [5.74, 6) is 4.38. The van der Waals surface area contributed by atoms with Crippen molar-refractivity contribution in [1.82, 2.24) is 10.2 Å². The molecule has 0 aromatic rings. The molecule has 2 rings (SSSR count). The van der Waals surface area contributed by atoms with E-state index in [4.69, 9.17) is 0 Å². The van der Waals surface area contributed by atoms with Crippen molar-refractivity contribution < 1.29 is 4.79 Å². The van der Waals surface area contributed by atoms with Crippen LogP contribution in [0.5, 0.6) is 0 Å². The Morgan fingerprint density at radius 3 is 2.78 bits per heavy atom. The van der Waals surface area contributed by atoms with Crippen LogP contribution in [0.3, 0.4) is 0 Å². The van der Waals surface area contributed by atoms with Crippen molar-refractivity contribution in [3.63, 3.8) is 0 Å². The summed E-state index contributed by atoms with van der Waals surface area (Å²) in [6.45, 7) is 7.32. The largest absolute Gasteiger partial charge is 0.325 e. The summed E-state index contributed by atoms with van der Waals surface area (Å²) in [6, 6.07) is 0.0243. The highest BCUT2D eigenvalue weighted by Gasteiger charge is 2.40. The molecule has 0 radical (unpaired) electrons. The van der Waals surface area contributed by atoms with Gasteiger partial charge in [-0.25, -0.2) is 0 Å². The number of nitrogens with zero attached hydrogens (tertiary/aromatic N) is 1. The number of rotatable bonds is 4. The number of thioether (sulfide) groups is 2. The molecule has 0 spiro atoms. The molecule has 2 aliphatic rings. The van der Waals surface area contributed by atoms with Crippen molar-refractivity contribution in [2.45, 2.75) is 44.6 Å². The van der Waals surface area contributed by atoms with Gasteiger partial charge in [0, 0.05) is 29.1 Å². The second-order valence-electron chi connectivity index (χ2n) is 5.37. The van der Waals surface area contributed by atoms with Crippen LogP contribution in [-0.4, -0.2) is 52.1 Å². The standard InChI is InChI=1S/C13H24N2OS2/c1-4-11-14-12(9(2)3)13(16)15(11)7-10-8-17-5-6-18-10/h9-12,14H,4-8H2,1-3H3. The smallest absolute Gasteiger partial charge is 0.241 e. The van der Waals surface area contributed by atoms with E-state index >= 15 is 0 Å². The molecule has 3 atom stereocenters. The van der Waals surface area contributed by atoms with E-state index in [-0.39, 0.29) is 12.2 Å². The van der Waals surface area contributed by atoms with Gasteiger partial charge in [-0.15, -0.1) is 0 Å². The molecule has 0 aromatic carbocycles. The van der Waals surface area contributed by atoms with E-state index in [0.29, 0.717) is 17.1 Å². The zero-order valence-corrected chi connectivity index (χ0v) is 13.1. The number of hydrogen-bond acceptors (Lipinski definition) is 4. The second-order valence-corrected chi connectivity index (χ2v) is 7.93. The number of hydrogen-bond donors (Lipinski definition) is 1. The molecule has 2 saturated heterocycles. The molecule has 0 bridgehead atoms. The predicted octanol–water partition coefficient (Wildman–Crippen LogP) is 2.03. The van der Waals surface area contributed by atoms with Crippen LogP contribution in [0.4, 0.5) is 0 Å². The van der Waals surface area contributed by atoms with Crippen molar-refractivity contribution in [2.24, 2.45) is 5.92 Å². The second kappa shape index (κ2) is 6.53. The number of carbonyl (C=O) groups is 1. The Kier molecular flexibility index (Phi) is 5.27. The van der Waals surface area contributed by atoms with Crippen LogP contribution in [0, 0.1) is 5.92 Å². The molecule has 2 heterocycles. The lowest BCUT2D eigenvalue weighted by atomic mass is 10.1. The van der Waals surface area contributed by atoms with Gasteiger partial charge in [0.25, 0.3) is 0 Å². The minimum Gasteiger partial charge on any atom is -0.325 e. The highest BCUT2D eigenvalue weighted by atomic mass is 32.2. The molecule has 1 amide bonds. The predicted molar refractivity (Wildman–Crippen MR) is 81.1 cm³/mol. The van der Waals surface area contributed by atoms with Gasteiger partial charge >= 0.3 is 0 Å². The van der Waals surface area contributed by atoms with Crippen LogP contribution in [-0.2, 0) is 4.79 Å². The minimum atomic E-state index is 0.0243. The Morgan fingerprint density at radius 2 is 2.22 bits per heavy atom. The number of amides is 1. The first kappa shape index (κ1) is 14.5. The molecule has 18 heavy (non-hydrogen) atoms. The van der Waals surface area contributed by atoms with Crippen molar-refractivity contribution >= 4 is 29.4 Å². The number of nitrogens with one attached hydrogen (secondary N) is 1. The van der Waals surface area contributed by atoms with Gasteiger partial charge in [-0.2, -0.15) is 23.5 Å². The summed E-state index contributed by atoms with van der Waals surface area (Å²) >= 11 is 4.06. The first-order chi connectivity index (χ1) is 8.63. The van der Waals surface area contributed by atoms with Gasteiger partial charge in [0.1, 0.15) is 0 Å². The highest BCUT2D eigenvalue weighted by Crippen LogP contribution is 2.27. The maximum absolute atomic E-state index is 12.4. The monoisotopic (exact) mass is 288 g/mol. The fourth-order valence-electron chi connectivity index (χ4n) is 2.60. The highest BCUT2D eigenvalue weighted by molar-refractivity contribution is 8.06. The fourth-order valence-corrected chi connectivity index (χ4v) is 5.26. The molecule has 104 valence electrons. The van der Waals surface area contributed by atoms with Crippen molar-refractivity contribution in [2.75, 3.05) is 23.8 Å². The van der Waals surface area contributed by atoms with E-state index in [9.17, 15) is 4.79 Å². The first-order valence-electron chi connectivity index (χ1n) is 6.89. The SMILES string of the molecule is CCC1NC(C(C)C)C(=O)N1CC1CSCCS1. The van der Waals surface area contributed by atoms with Gasteiger partial charge in [0.05, 0.1) is 12.2 Å². The van der Waals surface area contributed by atoms with Gasteiger partial charge in [-0.1, -0.05) is 20.8 Å². The summed E-state index contributed by atoms with van der Waals surface area (Å²) in [5, 5.41) is 4.11. The van der Waals surface area contributed by atoms with Crippen molar-refractivity contribution in [3.8, 4) is 0 Å². The molecule has 0 aromatic heterocycles. The summed E-state index contributed by atoms with van der Waals surface area (Å²) < 4.78 is 0. The summed E-state index contributed by atoms with van der Waals surface area (Å²) in [5.41, 5.74) is 0. The van der Waals surface area contributed by atoms with Crippen LogP contribution in [0.1, 0.15) is 27.2 Å². The zero-order valence-electron chi connectivity index (χ0n) is 11.5. The lowest BCUT2D eigenvalue weighted by molar-refractivity contribution is -0.130. The van der Waals surface area contributed by atoms with Gasteiger partial charge in [0.15, 0.2) is 0 Å². The Labute approximate surface area is 119 Å². The Bertz CT molecular complexity index is 293. The minimum absolute atomic E-state index is 0.0243. The van der Waals surface area contributed by atoms with Crippen LogP contribution < -0.4 is 5.32 Å². The normalized spacial score (nSPS) is 33.4. The van der Waals surface area contributed by atoms with E-state index in [1.165, 1.54) is 17.3 Å². The molecule has 3 nitrogen and oxygen atoms in total. The Hall–Kier alpha value is 0.130. The first-order valence-corrected chi connectivity index (χ1v) is 9.09. The fraction of sp³-hybridized carbons (Fsp3) is 0.923. The summed E-state index contributed by atoms with van der Waals surface area (Å²) in [7, 11) is 0. The molecular formula is C13H24N2OS2. The Balaban J connectivity index is 1.98. The van der Waals surface area contributed by atoms with E-state index in [2.05, 4.69) is 31.0 Å². The van der Waals surface area contributed by atoms with Gasteiger partial charge in [-0.05, 0) is 12.3 Å². The van der Waals surface area contributed by atoms with Crippen LogP contribution in [0.15, 0.2) is 0 Å². The van der Waals surface area contributed by atoms with Crippen molar-refractivity contribution in [1.29, 1.82) is 0 Å². The molecule has 3 unspecified atom stereocenters. The molecule has 0 aliphatic carbocycles. The lowest BCUT2D eigenvalue weighted by Crippen LogP contribution is -2.42. The molecular weight excluding hydrogens is 264 g/mol. The number of carbonyl (C=O) groups excluding carboxylic acids is 1. The van der Waals surface area contributed by atoms with Crippen LogP contribution >= 0.6 is 23.5 Å². The third-order valence-electron chi connectivity index (χ3n) is 3.64. The third-order valence-corrected chi connectivity index (χ3v) is 6.46. The molecule has 0 saturated carbocycles. The lowest BCUT2D eigenvalue weighted by Gasteiger charge is -2.29. The van der Waals surface area contributed by atoms with E-state index < -0.39 is 0 Å².